The van der Waals surface area contributed by atoms with Crippen LogP contribution in [0.3, 0.4) is 0 Å². The zero-order chi connectivity index (χ0) is 7.82. The van der Waals surface area contributed by atoms with E-state index in [4.69, 9.17) is 10.5 Å². The standard InChI is InChI=1S/C6H14N2O2/c1-2-3-4-10-5-8-6(7)9/h2-5H2,1H3,(H3,7,8,9). The van der Waals surface area contributed by atoms with E-state index in [9.17, 15) is 4.79 Å². The van der Waals surface area contributed by atoms with Crippen molar-refractivity contribution >= 4 is 6.03 Å². The predicted octanol–water partition coefficient (Wildman–Crippen LogP) is 0.429. The van der Waals surface area contributed by atoms with Gasteiger partial charge < -0.3 is 15.8 Å². The number of rotatable bonds is 5. The maximum atomic E-state index is 10.1. The van der Waals surface area contributed by atoms with Crippen molar-refractivity contribution < 1.29 is 9.53 Å². The SMILES string of the molecule is CCCCOCNC(N)=O. The van der Waals surface area contributed by atoms with E-state index in [1.54, 1.807) is 0 Å². The Hall–Kier alpha value is -0.770. The first kappa shape index (κ1) is 9.23. The van der Waals surface area contributed by atoms with Crippen LogP contribution in [-0.4, -0.2) is 19.4 Å². The molecule has 0 atom stereocenters. The Morgan fingerprint density at radius 2 is 2.40 bits per heavy atom. The van der Waals surface area contributed by atoms with Crippen molar-refractivity contribution in [1.82, 2.24) is 5.32 Å². The van der Waals surface area contributed by atoms with E-state index in [0.29, 0.717) is 6.61 Å². The third kappa shape index (κ3) is 7.23. The molecule has 4 nitrogen and oxygen atoms in total. The second-order valence-electron chi connectivity index (χ2n) is 1.95. The van der Waals surface area contributed by atoms with Crippen LogP contribution in [0.2, 0.25) is 0 Å². The van der Waals surface area contributed by atoms with Crippen molar-refractivity contribution in [2.75, 3.05) is 13.3 Å². The first-order valence-electron chi connectivity index (χ1n) is 3.38. The average molecular weight is 146 g/mol. The third-order valence-electron chi connectivity index (χ3n) is 0.991. The fraction of sp³-hybridized carbons (Fsp3) is 0.833. The summed E-state index contributed by atoms with van der Waals surface area (Å²) in [6.07, 6.45) is 2.11. The minimum absolute atomic E-state index is 0.218. The van der Waals surface area contributed by atoms with Gasteiger partial charge in [0.1, 0.15) is 6.73 Å². The van der Waals surface area contributed by atoms with Crippen LogP contribution in [0, 0.1) is 0 Å². The molecule has 0 fully saturated rings. The first-order chi connectivity index (χ1) is 4.77. The number of nitrogens with one attached hydrogen (secondary N) is 1. The van der Waals surface area contributed by atoms with Gasteiger partial charge in [0.25, 0.3) is 0 Å². The molecule has 0 heterocycles. The Labute approximate surface area is 60.7 Å². The van der Waals surface area contributed by atoms with E-state index in [1.165, 1.54) is 0 Å². The van der Waals surface area contributed by atoms with E-state index in [0.717, 1.165) is 12.8 Å². The molecule has 0 aliphatic rings. The monoisotopic (exact) mass is 146 g/mol. The molecule has 0 bridgehead atoms. The van der Waals surface area contributed by atoms with Crippen LogP contribution < -0.4 is 11.1 Å². The maximum absolute atomic E-state index is 10.1. The molecule has 0 saturated heterocycles. The summed E-state index contributed by atoms with van der Waals surface area (Å²) in [5.74, 6) is 0. The van der Waals surface area contributed by atoms with Gasteiger partial charge in [-0.2, -0.15) is 0 Å². The molecule has 0 spiro atoms. The maximum Gasteiger partial charge on any atom is 0.313 e. The molecule has 0 aliphatic heterocycles. The van der Waals surface area contributed by atoms with Crippen molar-refractivity contribution in [1.29, 1.82) is 0 Å². The summed E-state index contributed by atoms with van der Waals surface area (Å²) in [7, 11) is 0. The van der Waals surface area contributed by atoms with Gasteiger partial charge in [0.2, 0.25) is 0 Å². The molecule has 0 unspecified atom stereocenters. The van der Waals surface area contributed by atoms with Gasteiger partial charge in [-0.05, 0) is 6.42 Å². The molecule has 2 amide bonds. The van der Waals surface area contributed by atoms with Crippen LogP contribution in [0.15, 0.2) is 0 Å². The highest BCUT2D eigenvalue weighted by Crippen LogP contribution is 1.85. The van der Waals surface area contributed by atoms with E-state index in [1.807, 2.05) is 0 Å². The van der Waals surface area contributed by atoms with Gasteiger partial charge in [0.15, 0.2) is 0 Å². The number of hydrogen-bond donors (Lipinski definition) is 2. The fourth-order valence-electron chi connectivity index (χ4n) is 0.441. The number of urea groups is 1. The largest absolute Gasteiger partial charge is 0.361 e. The smallest absolute Gasteiger partial charge is 0.313 e. The topological polar surface area (TPSA) is 64.3 Å². The van der Waals surface area contributed by atoms with Crippen LogP contribution in [0.4, 0.5) is 4.79 Å². The van der Waals surface area contributed by atoms with E-state index in [-0.39, 0.29) is 6.73 Å². The molecular formula is C6H14N2O2. The highest BCUT2D eigenvalue weighted by atomic mass is 16.5. The summed E-state index contributed by atoms with van der Waals surface area (Å²) < 4.78 is 4.97. The number of hydrogen-bond acceptors (Lipinski definition) is 2. The molecule has 0 aromatic rings. The molecule has 3 N–H and O–H groups in total. The molecule has 4 heteroatoms. The normalized spacial score (nSPS) is 9.30. The van der Waals surface area contributed by atoms with Gasteiger partial charge in [0.05, 0.1) is 0 Å². The van der Waals surface area contributed by atoms with Crippen molar-refractivity contribution in [3.8, 4) is 0 Å². The number of unbranched alkanes of at least 4 members (excludes halogenated alkanes) is 1. The van der Waals surface area contributed by atoms with Crippen molar-refractivity contribution in [2.24, 2.45) is 5.73 Å². The molecule has 0 saturated carbocycles. The first-order valence-corrected chi connectivity index (χ1v) is 3.38. The van der Waals surface area contributed by atoms with Gasteiger partial charge in [-0.3, -0.25) is 0 Å². The van der Waals surface area contributed by atoms with Crippen LogP contribution in [0.5, 0.6) is 0 Å². The second-order valence-corrected chi connectivity index (χ2v) is 1.95. The van der Waals surface area contributed by atoms with Gasteiger partial charge in [-0.15, -0.1) is 0 Å². The number of carbonyl (C=O) groups excluding carboxylic acids is 1. The fourth-order valence-corrected chi connectivity index (χ4v) is 0.441. The Morgan fingerprint density at radius 1 is 1.70 bits per heavy atom. The zero-order valence-electron chi connectivity index (χ0n) is 6.22. The minimum atomic E-state index is -0.545. The summed E-state index contributed by atoms with van der Waals surface area (Å²) in [5, 5.41) is 2.32. The molecule has 0 aromatic heterocycles. The number of amides is 2. The van der Waals surface area contributed by atoms with Crippen molar-refractivity contribution in [2.45, 2.75) is 19.8 Å². The Morgan fingerprint density at radius 3 is 2.90 bits per heavy atom. The molecular weight excluding hydrogens is 132 g/mol. The predicted molar refractivity (Wildman–Crippen MR) is 38.4 cm³/mol. The van der Waals surface area contributed by atoms with E-state index in [2.05, 4.69) is 12.2 Å². The van der Waals surface area contributed by atoms with Gasteiger partial charge in [-0.25, -0.2) is 4.79 Å². The Balaban J connectivity index is 2.84. The Bertz CT molecular complexity index is 95.7. The number of carbonyl (C=O) groups is 1. The lowest BCUT2D eigenvalue weighted by Gasteiger charge is -2.01. The minimum Gasteiger partial charge on any atom is -0.361 e. The Kier molecular flexibility index (Phi) is 5.86. The third-order valence-corrected chi connectivity index (χ3v) is 0.991. The summed E-state index contributed by atoms with van der Waals surface area (Å²) >= 11 is 0. The van der Waals surface area contributed by atoms with E-state index >= 15 is 0 Å². The summed E-state index contributed by atoms with van der Waals surface area (Å²) in [4.78, 5) is 10.1. The highest BCUT2D eigenvalue weighted by Gasteiger charge is 1.88. The molecule has 0 radical (unpaired) electrons. The number of nitrogens with two attached hydrogens (primary N) is 1. The lowest BCUT2D eigenvalue weighted by atomic mass is 10.4. The number of ether oxygens (including phenoxy) is 1. The van der Waals surface area contributed by atoms with Crippen LogP contribution >= 0.6 is 0 Å². The number of primary amides is 1. The van der Waals surface area contributed by atoms with Gasteiger partial charge >= 0.3 is 6.03 Å². The summed E-state index contributed by atoms with van der Waals surface area (Å²) in [5.41, 5.74) is 4.78. The quantitative estimate of drug-likeness (QED) is 0.436. The highest BCUT2D eigenvalue weighted by molar-refractivity contribution is 5.71. The molecule has 0 aliphatic carbocycles. The van der Waals surface area contributed by atoms with Crippen LogP contribution in [0.1, 0.15) is 19.8 Å². The average Bonchev–Trinajstić information content (AvgIpc) is 1.87. The molecule has 0 rings (SSSR count). The molecule has 10 heavy (non-hydrogen) atoms. The van der Waals surface area contributed by atoms with Crippen molar-refractivity contribution in [3.63, 3.8) is 0 Å². The van der Waals surface area contributed by atoms with Crippen LogP contribution in [-0.2, 0) is 4.74 Å². The molecule has 60 valence electrons. The summed E-state index contributed by atoms with van der Waals surface area (Å²) in [6, 6.07) is -0.545. The van der Waals surface area contributed by atoms with Gasteiger partial charge in [-0.1, -0.05) is 13.3 Å². The summed E-state index contributed by atoms with van der Waals surface area (Å²) in [6.45, 7) is 2.97. The van der Waals surface area contributed by atoms with E-state index < -0.39 is 6.03 Å². The lowest BCUT2D eigenvalue weighted by Crippen LogP contribution is -2.31. The van der Waals surface area contributed by atoms with Crippen LogP contribution in [0.25, 0.3) is 0 Å². The zero-order valence-corrected chi connectivity index (χ0v) is 6.22. The van der Waals surface area contributed by atoms with Crippen molar-refractivity contribution in [3.05, 3.63) is 0 Å². The molecule has 0 aromatic carbocycles. The second kappa shape index (κ2) is 6.35. The van der Waals surface area contributed by atoms with Gasteiger partial charge in [0, 0.05) is 6.61 Å². The lowest BCUT2D eigenvalue weighted by molar-refractivity contribution is 0.119.